The summed E-state index contributed by atoms with van der Waals surface area (Å²) >= 11 is 0. The number of nitrogens with one attached hydrogen (secondary N) is 1. The molecule has 1 unspecified atom stereocenters. The molecule has 4 aliphatic rings. The largest absolute Gasteiger partial charge is 0.354 e. The van der Waals surface area contributed by atoms with Gasteiger partial charge in [0.15, 0.2) is 0 Å². The Hall–Kier alpha value is -1.92. The lowest BCUT2D eigenvalue weighted by molar-refractivity contribution is -0.385. The van der Waals surface area contributed by atoms with Gasteiger partial charge in [-0.3, -0.25) is 19.6 Å². The highest BCUT2D eigenvalue weighted by molar-refractivity contribution is 5.79. The molecule has 24 heavy (non-hydrogen) atoms. The maximum Gasteiger partial charge on any atom is 0.307 e. The van der Waals surface area contributed by atoms with E-state index in [-0.39, 0.29) is 11.6 Å². The van der Waals surface area contributed by atoms with Gasteiger partial charge in [0.1, 0.15) is 18.4 Å². The van der Waals surface area contributed by atoms with Crippen molar-refractivity contribution in [3.05, 3.63) is 22.5 Å². The highest BCUT2D eigenvalue weighted by atomic mass is 16.6. The van der Waals surface area contributed by atoms with Gasteiger partial charge in [0, 0.05) is 6.54 Å². The van der Waals surface area contributed by atoms with Crippen LogP contribution in [0.3, 0.4) is 0 Å². The maximum atomic E-state index is 12.5. The Morgan fingerprint density at radius 1 is 1.38 bits per heavy atom. The first-order valence-corrected chi connectivity index (χ1v) is 8.90. The molecule has 0 radical (unpaired) electrons. The standard InChI is InChI=1S/C17H24N4O3/c1-11(20-9-15(8-19-20)21(23)24)16(22)18-10-17-5-12-2-13(6-17)4-14(3-12)7-17/h8-9,11-14H,2-7,10H2,1H3,(H,18,22). The van der Waals surface area contributed by atoms with E-state index in [1.54, 1.807) is 6.92 Å². The fourth-order valence-electron chi connectivity index (χ4n) is 5.68. The molecule has 4 fully saturated rings. The molecule has 7 nitrogen and oxygen atoms in total. The van der Waals surface area contributed by atoms with Crippen LogP contribution < -0.4 is 5.32 Å². The molecule has 130 valence electrons. The Morgan fingerprint density at radius 3 is 2.46 bits per heavy atom. The second-order valence-corrected chi connectivity index (χ2v) is 8.25. The highest BCUT2D eigenvalue weighted by Crippen LogP contribution is 2.59. The average Bonchev–Trinajstić information content (AvgIpc) is 3.01. The van der Waals surface area contributed by atoms with Crippen molar-refractivity contribution in [2.45, 2.75) is 51.5 Å². The van der Waals surface area contributed by atoms with Crippen molar-refractivity contribution in [3.63, 3.8) is 0 Å². The molecule has 4 aliphatic carbocycles. The number of aromatic nitrogens is 2. The zero-order chi connectivity index (χ0) is 16.9. The Kier molecular flexibility index (Phi) is 3.62. The van der Waals surface area contributed by atoms with Crippen LogP contribution in [0, 0.1) is 33.3 Å². The average molecular weight is 332 g/mol. The quantitative estimate of drug-likeness (QED) is 0.663. The van der Waals surface area contributed by atoms with Crippen molar-refractivity contribution >= 4 is 11.6 Å². The van der Waals surface area contributed by atoms with Crippen molar-refractivity contribution in [1.29, 1.82) is 0 Å². The lowest BCUT2D eigenvalue weighted by Gasteiger charge is -2.57. The van der Waals surface area contributed by atoms with Crippen LogP contribution in [0.5, 0.6) is 0 Å². The first-order chi connectivity index (χ1) is 11.4. The second kappa shape index (κ2) is 5.57. The molecule has 0 aromatic carbocycles. The van der Waals surface area contributed by atoms with Crippen LogP contribution in [-0.2, 0) is 4.79 Å². The Morgan fingerprint density at radius 2 is 1.96 bits per heavy atom. The van der Waals surface area contributed by atoms with E-state index in [0.29, 0.717) is 5.41 Å². The number of amides is 1. The van der Waals surface area contributed by atoms with Crippen molar-refractivity contribution in [2.75, 3.05) is 6.54 Å². The molecule has 4 saturated carbocycles. The minimum atomic E-state index is -0.535. The van der Waals surface area contributed by atoms with E-state index >= 15 is 0 Å². The Labute approximate surface area is 140 Å². The summed E-state index contributed by atoms with van der Waals surface area (Å²) in [6.07, 6.45) is 10.4. The normalized spacial score (nSPS) is 35.0. The van der Waals surface area contributed by atoms with Gasteiger partial charge in [-0.05, 0) is 68.6 Å². The molecule has 0 aliphatic heterocycles. The van der Waals surface area contributed by atoms with Crippen LogP contribution in [0.2, 0.25) is 0 Å². The molecule has 1 aromatic rings. The maximum absolute atomic E-state index is 12.5. The van der Waals surface area contributed by atoms with Crippen molar-refractivity contribution in [1.82, 2.24) is 15.1 Å². The van der Waals surface area contributed by atoms with Crippen molar-refractivity contribution in [3.8, 4) is 0 Å². The monoisotopic (exact) mass is 332 g/mol. The van der Waals surface area contributed by atoms with Crippen molar-refractivity contribution < 1.29 is 9.72 Å². The van der Waals surface area contributed by atoms with E-state index in [2.05, 4.69) is 10.4 Å². The molecule has 1 atom stereocenters. The van der Waals surface area contributed by atoms with Gasteiger partial charge >= 0.3 is 5.69 Å². The van der Waals surface area contributed by atoms with Gasteiger partial charge in [-0.15, -0.1) is 0 Å². The third-order valence-electron chi connectivity index (χ3n) is 6.38. The number of carbonyl (C=O) groups excluding carboxylic acids is 1. The Balaban J connectivity index is 1.38. The third kappa shape index (κ3) is 2.70. The third-order valence-corrected chi connectivity index (χ3v) is 6.38. The fraction of sp³-hybridized carbons (Fsp3) is 0.765. The van der Waals surface area contributed by atoms with E-state index in [0.717, 1.165) is 24.3 Å². The minimum absolute atomic E-state index is 0.0873. The number of hydrogen-bond acceptors (Lipinski definition) is 4. The summed E-state index contributed by atoms with van der Waals surface area (Å²) in [6, 6.07) is -0.535. The number of carbonyl (C=O) groups is 1. The van der Waals surface area contributed by atoms with Gasteiger partial charge in [0.2, 0.25) is 5.91 Å². The lowest BCUT2D eigenvalue weighted by atomic mass is 9.49. The highest BCUT2D eigenvalue weighted by Gasteiger charge is 2.50. The van der Waals surface area contributed by atoms with Crippen LogP contribution in [0.15, 0.2) is 12.4 Å². The Bertz CT molecular complexity index is 633. The summed E-state index contributed by atoms with van der Waals surface area (Å²) in [5, 5.41) is 17.8. The fourth-order valence-corrected chi connectivity index (χ4v) is 5.68. The summed E-state index contributed by atoms with van der Waals surface area (Å²) in [5.41, 5.74) is 0.205. The lowest BCUT2D eigenvalue weighted by Crippen LogP contribution is -2.51. The van der Waals surface area contributed by atoms with Crippen LogP contribution >= 0.6 is 0 Å². The van der Waals surface area contributed by atoms with Gasteiger partial charge in [-0.2, -0.15) is 5.10 Å². The molecule has 1 N–H and O–H groups in total. The molecule has 0 spiro atoms. The summed E-state index contributed by atoms with van der Waals surface area (Å²) < 4.78 is 1.37. The van der Waals surface area contributed by atoms with Gasteiger partial charge in [0.25, 0.3) is 0 Å². The number of rotatable bonds is 5. The molecule has 0 saturated heterocycles. The summed E-state index contributed by atoms with van der Waals surface area (Å²) in [6.45, 7) is 2.47. The van der Waals surface area contributed by atoms with E-state index in [4.69, 9.17) is 0 Å². The molecule has 1 aromatic heterocycles. The van der Waals surface area contributed by atoms with Gasteiger partial charge < -0.3 is 5.32 Å². The SMILES string of the molecule is CC(C(=O)NCC12CC3CC(CC(C3)C1)C2)n1cc([N+](=O)[O-])cn1. The van der Waals surface area contributed by atoms with E-state index < -0.39 is 11.0 Å². The zero-order valence-corrected chi connectivity index (χ0v) is 14.0. The molecule has 1 amide bonds. The molecule has 4 bridgehead atoms. The summed E-state index contributed by atoms with van der Waals surface area (Å²) in [7, 11) is 0. The van der Waals surface area contributed by atoms with Crippen LogP contribution in [-0.4, -0.2) is 27.2 Å². The van der Waals surface area contributed by atoms with E-state index in [9.17, 15) is 14.9 Å². The minimum Gasteiger partial charge on any atom is -0.354 e. The topological polar surface area (TPSA) is 90.1 Å². The second-order valence-electron chi connectivity index (χ2n) is 8.25. The predicted octanol–water partition coefficient (Wildman–Crippen LogP) is 2.68. The smallest absolute Gasteiger partial charge is 0.307 e. The zero-order valence-electron chi connectivity index (χ0n) is 14.0. The molecule has 7 heteroatoms. The van der Waals surface area contributed by atoms with Gasteiger partial charge in [-0.25, -0.2) is 0 Å². The number of nitrogens with zero attached hydrogens (tertiary/aromatic N) is 3. The molecular weight excluding hydrogens is 308 g/mol. The summed E-state index contributed by atoms with van der Waals surface area (Å²) in [5.74, 6) is 2.47. The van der Waals surface area contributed by atoms with Crippen LogP contribution in [0.4, 0.5) is 5.69 Å². The number of nitro groups is 1. The molecule has 5 rings (SSSR count). The van der Waals surface area contributed by atoms with Gasteiger partial charge in [0.05, 0.1) is 4.92 Å². The van der Waals surface area contributed by atoms with Gasteiger partial charge in [-0.1, -0.05) is 0 Å². The van der Waals surface area contributed by atoms with Crippen LogP contribution in [0.1, 0.15) is 51.5 Å². The number of hydrogen-bond donors (Lipinski definition) is 1. The molecular formula is C17H24N4O3. The van der Waals surface area contributed by atoms with Crippen LogP contribution in [0.25, 0.3) is 0 Å². The molecule has 1 heterocycles. The van der Waals surface area contributed by atoms with E-state index in [1.165, 1.54) is 55.6 Å². The summed E-state index contributed by atoms with van der Waals surface area (Å²) in [4.78, 5) is 22.7. The van der Waals surface area contributed by atoms with E-state index in [1.807, 2.05) is 0 Å². The first kappa shape index (κ1) is 15.6. The predicted molar refractivity (Wildman–Crippen MR) is 87.2 cm³/mol. The first-order valence-electron chi connectivity index (χ1n) is 8.90. The van der Waals surface area contributed by atoms with Crippen molar-refractivity contribution in [2.24, 2.45) is 23.2 Å².